The molecule has 1 aromatic carbocycles. The lowest BCUT2D eigenvalue weighted by molar-refractivity contribution is 0.318. The SMILES string of the molecule is N/C(=N/O)c1ccc(Sc2nc3ccccc3[nH]2)cn1. The van der Waals surface area contributed by atoms with Gasteiger partial charge in [-0.2, -0.15) is 0 Å². The van der Waals surface area contributed by atoms with Crippen molar-refractivity contribution in [2.75, 3.05) is 0 Å². The molecule has 0 fully saturated rings. The molecule has 6 nitrogen and oxygen atoms in total. The van der Waals surface area contributed by atoms with Gasteiger partial charge >= 0.3 is 0 Å². The molecule has 3 rings (SSSR count). The molecule has 0 amide bonds. The Hall–Kier alpha value is -2.54. The Balaban J connectivity index is 1.83. The number of rotatable bonds is 3. The maximum atomic E-state index is 8.58. The molecule has 20 heavy (non-hydrogen) atoms. The first-order chi connectivity index (χ1) is 9.76. The van der Waals surface area contributed by atoms with E-state index in [1.54, 1.807) is 12.3 Å². The Labute approximate surface area is 118 Å². The zero-order chi connectivity index (χ0) is 13.9. The van der Waals surface area contributed by atoms with E-state index in [9.17, 15) is 0 Å². The fourth-order valence-corrected chi connectivity index (χ4v) is 2.50. The van der Waals surface area contributed by atoms with Crippen LogP contribution in [0.3, 0.4) is 0 Å². The predicted molar refractivity (Wildman–Crippen MR) is 77.0 cm³/mol. The van der Waals surface area contributed by atoms with E-state index < -0.39 is 0 Å². The third-order valence-electron chi connectivity index (χ3n) is 2.69. The van der Waals surface area contributed by atoms with Crippen LogP contribution in [0.15, 0.2) is 57.8 Å². The number of nitrogens with one attached hydrogen (secondary N) is 1. The van der Waals surface area contributed by atoms with Crippen molar-refractivity contribution in [1.82, 2.24) is 15.0 Å². The van der Waals surface area contributed by atoms with Crippen LogP contribution in [0.25, 0.3) is 11.0 Å². The Kier molecular flexibility index (Phi) is 3.26. The molecule has 2 aromatic heterocycles. The number of imidazole rings is 1. The summed E-state index contributed by atoms with van der Waals surface area (Å²) in [6.45, 7) is 0. The Morgan fingerprint density at radius 3 is 2.80 bits per heavy atom. The quantitative estimate of drug-likeness (QED) is 0.296. The van der Waals surface area contributed by atoms with Gasteiger partial charge in [0.05, 0.1) is 11.0 Å². The van der Waals surface area contributed by atoms with E-state index in [1.165, 1.54) is 11.8 Å². The molecule has 0 bridgehead atoms. The summed E-state index contributed by atoms with van der Waals surface area (Å²) in [7, 11) is 0. The van der Waals surface area contributed by atoms with Crippen molar-refractivity contribution in [2.24, 2.45) is 10.9 Å². The van der Waals surface area contributed by atoms with Crippen molar-refractivity contribution >= 4 is 28.6 Å². The maximum Gasteiger partial charge on any atom is 0.188 e. The van der Waals surface area contributed by atoms with Gasteiger partial charge in [0, 0.05) is 11.1 Å². The lowest BCUT2D eigenvalue weighted by atomic mass is 10.3. The second-order valence-corrected chi connectivity index (χ2v) is 5.09. The van der Waals surface area contributed by atoms with Crippen molar-refractivity contribution in [1.29, 1.82) is 0 Å². The monoisotopic (exact) mass is 285 g/mol. The van der Waals surface area contributed by atoms with E-state index in [-0.39, 0.29) is 5.84 Å². The number of benzene rings is 1. The molecule has 0 aliphatic heterocycles. The summed E-state index contributed by atoms with van der Waals surface area (Å²) in [4.78, 5) is 12.7. The van der Waals surface area contributed by atoms with Crippen LogP contribution in [0.4, 0.5) is 0 Å². The van der Waals surface area contributed by atoms with Crippen LogP contribution in [-0.2, 0) is 0 Å². The topological polar surface area (TPSA) is 100 Å². The minimum absolute atomic E-state index is 0.00899. The van der Waals surface area contributed by atoms with Crippen molar-refractivity contribution in [3.8, 4) is 0 Å². The number of H-pyrrole nitrogens is 1. The van der Waals surface area contributed by atoms with E-state index in [0.29, 0.717) is 5.69 Å². The molecule has 0 radical (unpaired) electrons. The van der Waals surface area contributed by atoms with Crippen molar-refractivity contribution in [2.45, 2.75) is 10.1 Å². The van der Waals surface area contributed by atoms with Gasteiger partial charge in [-0.25, -0.2) is 4.98 Å². The third kappa shape index (κ3) is 2.43. The van der Waals surface area contributed by atoms with Crippen molar-refractivity contribution in [3.05, 3.63) is 48.3 Å². The molecule has 0 atom stereocenters. The first kappa shape index (κ1) is 12.5. The molecule has 100 valence electrons. The minimum atomic E-state index is -0.00899. The van der Waals surface area contributed by atoms with Crippen molar-refractivity contribution in [3.63, 3.8) is 0 Å². The number of hydrogen-bond acceptors (Lipinski definition) is 5. The van der Waals surface area contributed by atoms with Gasteiger partial charge in [0.15, 0.2) is 11.0 Å². The summed E-state index contributed by atoms with van der Waals surface area (Å²) in [5.74, 6) is -0.00899. The molecule has 7 heteroatoms. The number of aromatic nitrogens is 3. The van der Waals surface area contributed by atoms with E-state index in [2.05, 4.69) is 20.1 Å². The number of oxime groups is 1. The van der Waals surface area contributed by atoms with E-state index >= 15 is 0 Å². The lowest BCUT2D eigenvalue weighted by Crippen LogP contribution is -2.14. The van der Waals surface area contributed by atoms with E-state index in [0.717, 1.165) is 21.1 Å². The van der Waals surface area contributed by atoms with Crippen LogP contribution < -0.4 is 5.73 Å². The number of fused-ring (bicyclic) bond motifs is 1. The molecule has 3 aromatic rings. The van der Waals surface area contributed by atoms with Gasteiger partial charge < -0.3 is 15.9 Å². The Bertz CT molecular complexity index is 733. The largest absolute Gasteiger partial charge is 0.409 e. The van der Waals surface area contributed by atoms with Crippen LogP contribution in [0, 0.1) is 0 Å². The predicted octanol–water partition coefficient (Wildman–Crippen LogP) is 2.20. The highest BCUT2D eigenvalue weighted by molar-refractivity contribution is 7.99. The number of hydrogen-bond donors (Lipinski definition) is 3. The highest BCUT2D eigenvalue weighted by Gasteiger charge is 2.06. The fraction of sp³-hybridized carbons (Fsp3) is 0. The second-order valence-electron chi connectivity index (χ2n) is 4.03. The molecular weight excluding hydrogens is 274 g/mol. The number of amidine groups is 1. The number of nitrogens with two attached hydrogens (primary N) is 1. The van der Waals surface area contributed by atoms with Gasteiger partial charge in [-0.15, -0.1) is 0 Å². The summed E-state index contributed by atoms with van der Waals surface area (Å²) < 4.78 is 0. The number of aromatic amines is 1. The third-order valence-corrected chi connectivity index (χ3v) is 3.55. The smallest absolute Gasteiger partial charge is 0.188 e. The molecular formula is C13H11N5OS. The zero-order valence-corrected chi connectivity index (χ0v) is 11.1. The minimum Gasteiger partial charge on any atom is -0.409 e. The Morgan fingerprint density at radius 1 is 1.25 bits per heavy atom. The van der Waals surface area contributed by atoms with Gasteiger partial charge in [-0.3, -0.25) is 4.98 Å². The van der Waals surface area contributed by atoms with Crippen LogP contribution >= 0.6 is 11.8 Å². The molecule has 0 spiro atoms. The molecule has 0 aliphatic carbocycles. The van der Waals surface area contributed by atoms with Gasteiger partial charge in [0.25, 0.3) is 0 Å². The summed E-state index contributed by atoms with van der Waals surface area (Å²) in [5, 5.41) is 12.3. The first-order valence-corrected chi connectivity index (χ1v) is 6.64. The lowest BCUT2D eigenvalue weighted by Gasteiger charge is -2.00. The molecule has 2 heterocycles. The maximum absolute atomic E-state index is 8.58. The van der Waals surface area contributed by atoms with Gasteiger partial charge in [-0.1, -0.05) is 29.1 Å². The normalized spacial score (nSPS) is 11.9. The molecule has 0 unspecified atom stereocenters. The summed E-state index contributed by atoms with van der Waals surface area (Å²) in [5.41, 5.74) is 7.82. The molecule has 0 saturated heterocycles. The number of nitrogens with zero attached hydrogens (tertiary/aromatic N) is 3. The molecule has 0 aliphatic rings. The summed E-state index contributed by atoms with van der Waals surface area (Å²) >= 11 is 1.47. The zero-order valence-electron chi connectivity index (χ0n) is 10.3. The van der Waals surface area contributed by atoms with Gasteiger partial charge in [0.1, 0.15) is 5.69 Å². The molecule has 0 saturated carbocycles. The van der Waals surface area contributed by atoms with Gasteiger partial charge in [-0.05, 0) is 24.3 Å². The molecule has 4 N–H and O–H groups in total. The Morgan fingerprint density at radius 2 is 2.10 bits per heavy atom. The fourth-order valence-electron chi connectivity index (χ4n) is 1.73. The van der Waals surface area contributed by atoms with E-state index in [4.69, 9.17) is 10.9 Å². The highest BCUT2D eigenvalue weighted by Crippen LogP contribution is 2.26. The standard InChI is InChI=1S/C13H11N5OS/c14-12(18-19)11-6-5-8(7-15-11)20-13-16-9-3-1-2-4-10(9)17-13/h1-7,19H,(H2,14,18)(H,16,17). The second kappa shape index (κ2) is 5.22. The average Bonchev–Trinajstić information content (AvgIpc) is 2.89. The average molecular weight is 285 g/mol. The van der Waals surface area contributed by atoms with E-state index in [1.807, 2.05) is 30.3 Å². The summed E-state index contributed by atoms with van der Waals surface area (Å²) in [6, 6.07) is 11.4. The number of para-hydroxylation sites is 2. The van der Waals surface area contributed by atoms with Crippen LogP contribution in [0.1, 0.15) is 5.69 Å². The first-order valence-electron chi connectivity index (χ1n) is 5.83. The number of pyridine rings is 1. The van der Waals surface area contributed by atoms with Gasteiger partial charge in [0.2, 0.25) is 0 Å². The summed E-state index contributed by atoms with van der Waals surface area (Å²) in [6.07, 6.45) is 1.66. The van der Waals surface area contributed by atoms with Crippen LogP contribution in [-0.4, -0.2) is 26.0 Å². The van der Waals surface area contributed by atoms with Crippen LogP contribution in [0.5, 0.6) is 0 Å². The highest BCUT2D eigenvalue weighted by atomic mass is 32.2. The van der Waals surface area contributed by atoms with Crippen molar-refractivity contribution < 1.29 is 5.21 Å². The van der Waals surface area contributed by atoms with Crippen LogP contribution in [0.2, 0.25) is 0 Å².